The number of carbonyl (C=O) groups is 1. The van der Waals surface area contributed by atoms with Gasteiger partial charge in [0.1, 0.15) is 5.78 Å². The van der Waals surface area contributed by atoms with Gasteiger partial charge >= 0.3 is 0 Å². The number of hydrogen-bond acceptors (Lipinski definition) is 2. The van der Waals surface area contributed by atoms with E-state index in [-0.39, 0.29) is 0 Å². The first-order valence-electron chi connectivity index (χ1n) is 6.91. The Labute approximate surface area is 99.4 Å². The lowest BCUT2D eigenvalue weighted by molar-refractivity contribution is -0.123. The molecule has 0 spiro atoms. The van der Waals surface area contributed by atoms with E-state index in [9.17, 15) is 4.79 Å². The number of rotatable bonds is 4. The van der Waals surface area contributed by atoms with E-state index in [1.54, 1.807) is 0 Å². The molecule has 2 aliphatic rings. The molecule has 2 fully saturated rings. The lowest BCUT2D eigenvalue weighted by atomic mass is 9.97. The minimum absolute atomic E-state index is 0.327. The van der Waals surface area contributed by atoms with Crippen molar-refractivity contribution < 1.29 is 4.79 Å². The summed E-state index contributed by atoms with van der Waals surface area (Å²) in [7, 11) is 2.20. The summed E-state index contributed by atoms with van der Waals surface area (Å²) in [6.07, 6.45) is 8.37. The van der Waals surface area contributed by atoms with E-state index in [4.69, 9.17) is 0 Å². The van der Waals surface area contributed by atoms with Crippen LogP contribution in [0.4, 0.5) is 0 Å². The third kappa shape index (κ3) is 3.07. The average molecular weight is 223 g/mol. The minimum Gasteiger partial charge on any atom is -0.303 e. The Kier molecular flexibility index (Phi) is 4.01. The number of ketones is 1. The van der Waals surface area contributed by atoms with Gasteiger partial charge in [-0.1, -0.05) is 12.8 Å². The van der Waals surface area contributed by atoms with Crippen molar-refractivity contribution in [3.05, 3.63) is 0 Å². The Morgan fingerprint density at radius 3 is 2.69 bits per heavy atom. The molecule has 0 aliphatic heterocycles. The number of hydrogen-bond donors (Lipinski definition) is 0. The van der Waals surface area contributed by atoms with E-state index in [2.05, 4.69) is 18.9 Å². The maximum atomic E-state index is 11.9. The smallest absolute Gasteiger partial charge is 0.137 e. The number of nitrogens with zero attached hydrogens (tertiary/aromatic N) is 1. The molecule has 0 saturated heterocycles. The molecule has 0 radical (unpaired) electrons. The van der Waals surface area contributed by atoms with Crippen molar-refractivity contribution in [1.82, 2.24) is 4.90 Å². The fraction of sp³-hybridized carbons (Fsp3) is 0.929. The summed E-state index contributed by atoms with van der Waals surface area (Å²) in [5, 5.41) is 0. The van der Waals surface area contributed by atoms with Gasteiger partial charge in [-0.15, -0.1) is 0 Å². The van der Waals surface area contributed by atoms with Gasteiger partial charge in [0.15, 0.2) is 0 Å². The predicted octanol–water partition coefficient (Wildman–Crippen LogP) is 2.87. The molecule has 2 saturated carbocycles. The molecule has 0 aromatic rings. The molecular formula is C14H25NO. The largest absolute Gasteiger partial charge is 0.303 e. The molecule has 2 rings (SSSR count). The van der Waals surface area contributed by atoms with Crippen LogP contribution >= 0.6 is 0 Å². The molecule has 0 heterocycles. The Balaban J connectivity index is 1.83. The van der Waals surface area contributed by atoms with Crippen LogP contribution in [-0.4, -0.2) is 30.3 Å². The summed E-state index contributed by atoms with van der Waals surface area (Å²) in [5.41, 5.74) is 0. The van der Waals surface area contributed by atoms with Gasteiger partial charge in [0.25, 0.3) is 0 Å². The predicted molar refractivity (Wildman–Crippen MR) is 66.4 cm³/mol. The van der Waals surface area contributed by atoms with E-state index < -0.39 is 0 Å². The molecule has 92 valence electrons. The monoisotopic (exact) mass is 223 g/mol. The lowest BCUT2D eigenvalue weighted by Gasteiger charge is -2.28. The Hall–Kier alpha value is -0.370. The molecule has 2 aliphatic carbocycles. The fourth-order valence-electron chi connectivity index (χ4n) is 2.88. The topological polar surface area (TPSA) is 20.3 Å². The normalized spacial score (nSPS) is 29.2. The van der Waals surface area contributed by atoms with Crippen molar-refractivity contribution in [2.75, 3.05) is 13.6 Å². The van der Waals surface area contributed by atoms with E-state index in [0.717, 1.165) is 31.7 Å². The van der Waals surface area contributed by atoms with Gasteiger partial charge in [-0.3, -0.25) is 4.79 Å². The first kappa shape index (κ1) is 12.1. The molecule has 0 amide bonds. The van der Waals surface area contributed by atoms with E-state index in [1.807, 2.05) is 0 Å². The first-order valence-corrected chi connectivity index (χ1v) is 6.91. The van der Waals surface area contributed by atoms with Crippen LogP contribution in [0.5, 0.6) is 0 Å². The molecule has 2 atom stereocenters. The number of carbonyl (C=O) groups excluding carboxylic acids is 1. The third-order valence-electron chi connectivity index (χ3n) is 4.44. The molecule has 0 N–H and O–H groups in total. The molecule has 2 unspecified atom stereocenters. The third-order valence-corrected chi connectivity index (χ3v) is 4.44. The summed E-state index contributed by atoms with van der Waals surface area (Å²) >= 11 is 0. The van der Waals surface area contributed by atoms with Crippen LogP contribution in [0.25, 0.3) is 0 Å². The molecule has 0 aromatic carbocycles. The van der Waals surface area contributed by atoms with E-state index >= 15 is 0 Å². The average Bonchev–Trinajstić information content (AvgIpc) is 3.07. The van der Waals surface area contributed by atoms with Crippen LogP contribution in [0, 0.1) is 11.8 Å². The van der Waals surface area contributed by atoms with Crippen molar-refractivity contribution >= 4 is 5.78 Å². The molecule has 0 aromatic heterocycles. The molecular weight excluding hydrogens is 198 g/mol. The SMILES string of the molecule is CC(C1CC1)N(C)CC1CCCCCC1=O. The van der Waals surface area contributed by atoms with Gasteiger partial charge in [-0.2, -0.15) is 0 Å². The van der Waals surface area contributed by atoms with Crippen molar-refractivity contribution in [1.29, 1.82) is 0 Å². The first-order chi connectivity index (χ1) is 7.68. The van der Waals surface area contributed by atoms with Crippen LogP contribution in [0.3, 0.4) is 0 Å². The molecule has 16 heavy (non-hydrogen) atoms. The van der Waals surface area contributed by atoms with Crippen LogP contribution < -0.4 is 0 Å². The van der Waals surface area contributed by atoms with Crippen LogP contribution in [0.15, 0.2) is 0 Å². The maximum Gasteiger partial charge on any atom is 0.137 e. The number of Topliss-reactive ketones (excluding diaryl/α,β-unsaturated/α-hetero) is 1. The highest BCUT2D eigenvalue weighted by molar-refractivity contribution is 5.81. The second-order valence-corrected chi connectivity index (χ2v) is 5.78. The lowest BCUT2D eigenvalue weighted by Crippen LogP contribution is -2.37. The van der Waals surface area contributed by atoms with Crippen molar-refractivity contribution in [2.45, 2.75) is 57.9 Å². The second-order valence-electron chi connectivity index (χ2n) is 5.78. The highest BCUT2D eigenvalue weighted by Crippen LogP contribution is 2.35. The fourth-order valence-corrected chi connectivity index (χ4v) is 2.88. The second kappa shape index (κ2) is 5.31. The zero-order valence-corrected chi connectivity index (χ0v) is 10.7. The van der Waals surface area contributed by atoms with Crippen LogP contribution in [0.2, 0.25) is 0 Å². The van der Waals surface area contributed by atoms with Gasteiger partial charge in [0, 0.05) is 24.9 Å². The minimum atomic E-state index is 0.327. The summed E-state index contributed by atoms with van der Waals surface area (Å²) in [6.45, 7) is 3.31. The van der Waals surface area contributed by atoms with Gasteiger partial charge in [-0.25, -0.2) is 0 Å². The molecule has 2 nitrogen and oxygen atoms in total. The van der Waals surface area contributed by atoms with Gasteiger partial charge in [0.2, 0.25) is 0 Å². The summed E-state index contributed by atoms with van der Waals surface area (Å²) < 4.78 is 0. The highest BCUT2D eigenvalue weighted by atomic mass is 16.1. The van der Waals surface area contributed by atoms with E-state index in [1.165, 1.54) is 25.7 Å². The Morgan fingerprint density at radius 1 is 1.25 bits per heavy atom. The van der Waals surface area contributed by atoms with E-state index in [0.29, 0.717) is 17.7 Å². The summed E-state index contributed by atoms with van der Waals surface area (Å²) in [6, 6.07) is 0.677. The molecule has 2 heteroatoms. The Bertz CT molecular complexity index is 247. The summed E-state index contributed by atoms with van der Waals surface area (Å²) in [4.78, 5) is 14.4. The van der Waals surface area contributed by atoms with Gasteiger partial charge in [0.05, 0.1) is 0 Å². The van der Waals surface area contributed by atoms with Crippen molar-refractivity contribution in [3.8, 4) is 0 Å². The maximum absolute atomic E-state index is 11.9. The van der Waals surface area contributed by atoms with Crippen LogP contribution in [0.1, 0.15) is 51.9 Å². The van der Waals surface area contributed by atoms with Gasteiger partial charge in [-0.05, 0) is 45.6 Å². The molecule has 0 bridgehead atoms. The zero-order valence-electron chi connectivity index (χ0n) is 10.7. The summed E-state index contributed by atoms with van der Waals surface area (Å²) in [5.74, 6) is 1.76. The van der Waals surface area contributed by atoms with Crippen molar-refractivity contribution in [2.24, 2.45) is 11.8 Å². The Morgan fingerprint density at radius 2 is 2.00 bits per heavy atom. The quantitative estimate of drug-likeness (QED) is 0.683. The highest BCUT2D eigenvalue weighted by Gasteiger charge is 2.32. The van der Waals surface area contributed by atoms with Crippen LogP contribution in [-0.2, 0) is 4.79 Å². The standard InChI is InChI=1S/C14H25NO/c1-11(12-8-9-12)15(2)10-13-6-4-3-5-7-14(13)16/h11-13H,3-10H2,1-2H3. The van der Waals surface area contributed by atoms with Gasteiger partial charge < -0.3 is 4.90 Å². The zero-order chi connectivity index (χ0) is 11.5. The van der Waals surface area contributed by atoms with Crippen molar-refractivity contribution in [3.63, 3.8) is 0 Å².